The Balaban J connectivity index is 0.00000324. The maximum atomic E-state index is 11.9. The molecular formula is C13H26ClN3O2. The Labute approximate surface area is 121 Å². The van der Waals surface area contributed by atoms with Gasteiger partial charge in [-0.15, -0.1) is 12.4 Å². The quantitative estimate of drug-likeness (QED) is 0.674. The lowest BCUT2D eigenvalue weighted by Gasteiger charge is -2.32. The standard InChI is InChI=1S/C13H25N3O2.ClH/c1-5-8(2)15-13(18)10(4)16-12(17)9(3)11-6-14-7-11;/h8-11,14H,5-7H2,1-4H3,(H,15,18)(H,16,17);1H. The van der Waals surface area contributed by atoms with E-state index in [1.165, 1.54) is 0 Å². The molecule has 6 heteroatoms. The minimum Gasteiger partial charge on any atom is -0.352 e. The summed E-state index contributed by atoms with van der Waals surface area (Å²) >= 11 is 0. The zero-order chi connectivity index (χ0) is 13.7. The van der Waals surface area contributed by atoms with Crippen LogP contribution in [-0.2, 0) is 9.59 Å². The van der Waals surface area contributed by atoms with Gasteiger partial charge in [0.2, 0.25) is 11.8 Å². The number of halogens is 1. The van der Waals surface area contributed by atoms with Gasteiger partial charge in [0.15, 0.2) is 0 Å². The third-order valence-electron chi connectivity index (χ3n) is 3.69. The number of carbonyl (C=O) groups is 2. The summed E-state index contributed by atoms with van der Waals surface area (Å²) in [6, 6.07) is -0.327. The number of nitrogens with one attached hydrogen (secondary N) is 3. The molecule has 1 aliphatic heterocycles. The fraction of sp³-hybridized carbons (Fsp3) is 0.846. The summed E-state index contributed by atoms with van der Waals surface area (Å²) in [4.78, 5) is 23.7. The molecule has 0 aromatic rings. The van der Waals surface area contributed by atoms with Crippen molar-refractivity contribution in [1.82, 2.24) is 16.0 Å². The van der Waals surface area contributed by atoms with Crippen LogP contribution in [0.15, 0.2) is 0 Å². The SMILES string of the molecule is CCC(C)NC(=O)C(C)NC(=O)C(C)C1CNC1.Cl. The molecule has 2 amide bonds. The van der Waals surface area contributed by atoms with Gasteiger partial charge in [0.05, 0.1) is 0 Å². The fourth-order valence-corrected chi connectivity index (χ4v) is 1.76. The van der Waals surface area contributed by atoms with E-state index in [1.807, 2.05) is 20.8 Å². The smallest absolute Gasteiger partial charge is 0.242 e. The molecule has 5 nitrogen and oxygen atoms in total. The van der Waals surface area contributed by atoms with Gasteiger partial charge in [-0.25, -0.2) is 0 Å². The third-order valence-corrected chi connectivity index (χ3v) is 3.69. The van der Waals surface area contributed by atoms with Crippen LogP contribution in [0.3, 0.4) is 0 Å². The molecule has 1 saturated heterocycles. The second-order valence-electron chi connectivity index (χ2n) is 5.26. The van der Waals surface area contributed by atoms with Crippen LogP contribution in [-0.4, -0.2) is 37.0 Å². The molecule has 0 spiro atoms. The maximum Gasteiger partial charge on any atom is 0.242 e. The Morgan fingerprint density at radius 3 is 2.16 bits per heavy atom. The van der Waals surface area contributed by atoms with Gasteiger partial charge >= 0.3 is 0 Å². The first-order valence-electron chi connectivity index (χ1n) is 6.77. The molecule has 1 heterocycles. The van der Waals surface area contributed by atoms with Crippen LogP contribution in [0.25, 0.3) is 0 Å². The van der Waals surface area contributed by atoms with Crippen molar-refractivity contribution in [2.45, 2.75) is 46.2 Å². The lowest BCUT2D eigenvalue weighted by molar-refractivity contribution is -0.132. The van der Waals surface area contributed by atoms with E-state index in [4.69, 9.17) is 0 Å². The van der Waals surface area contributed by atoms with Gasteiger partial charge < -0.3 is 16.0 Å². The summed E-state index contributed by atoms with van der Waals surface area (Å²) in [5.41, 5.74) is 0. The van der Waals surface area contributed by atoms with E-state index >= 15 is 0 Å². The predicted molar refractivity (Wildman–Crippen MR) is 78.3 cm³/mol. The summed E-state index contributed by atoms with van der Waals surface area (Å²) in [7, 11) is 0. The largest absolute Gasteiger partial charge is 0.352 e. The predicted octanol–water partition coefficient (Wildman–Crippen LogP) is 0.683. The van der Waals surface area contributed by atoms with Crippen molar-refractivity contribution in [3.05, 3.63) is 0 Å². The Morgan fingerprint density at radius 2 is 1.74 bits per heavy atom. The van der Waals surface area contributed by atoms with Gasteiger partial charge in [-0.1, -0.05) is 13.8 Å². The highest BCUT2D eigenvalue weighted by molar-refractivity contribution is 5.88. The van der Waals surface area contributed by atoms with Crippen molar-refractivity contribution in [2.75, 3.05) is 13.1 Å². The highest BCUT2D eigenvalue weighted by Crippen LogP contribution is 2.15. The molecule has 1 rings (SSSR count). The highest BCUT2D eigenvalue weighted by Gasteiger charge is 2.30. The van der Waals surface area contributed by atoms with Gasteiger partial charge in [0.1, 0.15) is 6.04 Å². The normalized spacial score (nSPS) is 19.4. The minimum atomic E-state index is -0.470. The molecular weight excluding hydrogens is 266 g/mol. The molecule has 0 radical (unpaired) electrons. The molecule has 0 aromatic heterocycles. The molecule has 3 unspecified atom stereocenters. The zero-order valence-corrected chi connectivity index (χ0v) is 13.0. The van der Waals surface area contributed by atoms with Crippen molar-refractivity contribution < 1.29 is 9.59 Å². The Bertz CT molecular complexity index is 308. The first kappa shape index (κ1) is 18.2. The second-order valence-corrected chi connectivity index (χ2v) is 5.26. The van der Waals surface area contributed by atoms with Crippen LogP contribution in [0.5, 0.6) is 0 Å². The molecule has 0 aliphatic carbocycles. The van der Waals surface area contributed by atoms with Crippen molar-refractivity contribution in [3.8, 4) is 0 Å². The average Bonchev–Trinajstić information content (AvgIpc) is 2.26. The van der Waals surface area contributed by atoms with Gasteiger partial charge in [-0.3, -0.25) is 9.59 Å². The molecule has 1 fully saturated rings. The number of rotatable bonds is 6. The van der Waals surface area contributed by atoms with E-state index in [9.17, 15) is 9.59 Å². The number of hydrogen-bond acceptors (Lipinski definition) is 3. The monoisotopic (exact) mass is 291 g/mol. The first-order valence-corrected chi connectivity index (χ1v) is 6.77. The number of carbonyl (C=O) groups excluding carboxylic acids is 2. The van der Waals surface area contributed by atoms with Gasteiger partial charge in [0.25, 0.3) is 0 Å². The van der Waals surface area contributed by atoms with E-state index < -0.39 is 6.04 Å². The fourth-order valence-electron chi connectivity index (χ4n) is 1.76. The summed E-state index contributed by atoms with van der Waals surface area (Å²) in [6.07, 6.45) is 0.885. The minimum absolute atomic E-state index is 0. The molecule has 0 aromatic carbocycles. The maximum absolute atomic E-state index is 11.9. The second kappa shape index (κ2) is 8.38. The van der Waals surface area contributed by atoms with Crippen LogP contribution in [0.4, 0.5) is 0 Å². The van der Waals surface area contributed by atoms with Gasteiger partial charge in [-0.05, 0) is 39.3 Å². The van der Waals surface area contributed by atoms with E-state index in [0.29, 0.717) is 5.92 Å². The lowest BCUT2D eigenvalue weighted by Crippen LogP contribution is -2.53. The average molecular weight is 292 g/mol. The molecule has 19 heavy (non-hydrogen) atoms. The van der Waals surface area contributed by atoms with E-state index in [1.54, 1.807) is 6.92 Å². The van der Waals surface area contributed by atoms with Crippen LogP contribution >= 0.6 is 12.4 Å². The highest BCUT2D eigenvalue weighted by atomic mass is 35.5. The Morgan fingerprint density at radius 1 is 1.16 bits per heavy atom. The van der Waals surface area contributed by atoms with Crippen LogP contribution < -0.4 is 16.0 Å². The van der Waals surface area contributed by atoms with Crippen LogP contribution in [0.1, 0.15) is 34.1 Å². The molecule has 3 atom stereocenters. The molecule has 0 saturated carbocycles. The Kier molecular flexibility index (Phi) is 8.02. The summed E-state index contributed by atoms with van der Waals surface area (Å²) in [6.45, 7) is 9.39. The summed E-state index contributed by atoms with van der Waals surface area (Å²) in [5, 5.41) is 8.79. The van der Waals surface area contributed by atoms with Crippen molar-refractivity contribution >= 4 is 24.2 Å². The van der Waals surface area contributed by atoms with E-state index in [0.717, 1.165) is 19.5 Å². The Hall–Kier alpha value is -0.810. The van der Waals surface area contributed by atoms with Crippen molar-refractivity contribution in [3.63, 3.8) is 0 Å². The zero-order valence-electron chi connectivity index (χ0n) is 12.2. The van der Waals surface area contributed by atoms with Crippen LogP contribution in [0.2, 0.25) is 0 Å². The third kappa shape index (κ3) is 5.37. The number of hydrogen-bond donors (Lipinski definition) is 3. The molecule has 0 bridgehead atoms. The summed E-state index contributed by atoms with van der Waals surface area (Å²) in [5.74, 6) is 0.213. The van der Waals surface area contributed by atoms with E-state index in [-0.39, 0.29) is 36.2 Å². The lowest BCUT2D eigenvalue weighted by atomic mass is 9.88. The van der Waals surface area contributed by atoms with E-state index in [2.05, 4.69) is 16.0 Å². The van der Waals surface area contributed by atoms with Crippen molar-refractivity contribution in [1.29, 1.82) is 0 Å². The molecule has 1 aliphatic rings. The van der Waals surface area contributed by atoms with Gasteiger partial charge in [0, 0.05) is 12.0 Å². The van der Waals surface area contributed by atoms with Crippen molar-refractivity contribution in [2.24, 2.45) is 11.8 Å². The number of amides is 2. The molecule has 3 N–H and O–H groups in total. The van der Waals surface area contributed by atoms with Gasteiger partial charge in [-0.2, -0.15) is 0 Å². The first-order chi connectivity index (χ1) is 8.45. The van der Waals surface area contributed by atoms with Crippen LogP contribution in [0, 0.1) is 11.8 Å². The molecule has 112 valence electrons. The summed E-state index contributed by atoms with van der Waals surface area (Å²) < 4.78 is 0. The topological polar surface area (TPSA) is 70.2 Å².